The van der Waals surface area contributed by atoms with Crippen LogP contribution in [0.4, 0.5) is 11.4 Å². The van der Waals surface area contributed by atoms with Crippen molar-refractivity contribution in [3.05, 3.63) is 24.3 Å². The van der Waals surface area contributed by atoms with Crippen molar-refractivity contribution in [1.82, 2.24) is 0 Å². The second-order valence-corrected chi connectivity index (χ2v) is 6.44. The van der Waals surface area contributed by atoms with E-state index in [0.29, 0.717) is 12.6 Å². The number of benzene rings is 1. The third-order valence-electron chi connectivity index (χ3n) is 3.94. The van der Waals surface area contributed by atoms with Gasteiger partial charge in [-0.15, -0.1) is 0 Å². The van der Waals surface area contributed by atoms with E-state index in [4.69, 9.17) is 9.47 Å². The molecule has 22 heavy (non-hydrogen) atoms. The summed E-state index contributed by atoms with van der Waals surface area (Å²) < 4.78 is 10.6. The smallest absolute Gasteiger partial charge is 0.232 e. The van der Waals surface area contributed by atoms with E-state index >= 15 is 0 Å². The van der Waals surface area contributed by atoms with Crippen molar-refractivity contribution in [2.75, 3.05) is 43.7 Å². The lowest BCUT2D eigenvalue weighted by atomic mass is 9.93. The Bertz CT molecular complexity index is 499. The Hall–Kier alpha value is -1.59. The van der Waals surface area contributed by atoms with Crippen molar-refractivity contribution in [3.63, 3.8) is 0 Å². The first-order valence-corrected chi connectivity index (χ1v) is 7.69. The van der Waals surface area contributed by atoms with Gasteiger partial charge in [-0.3, -0.25) is 4.79 Å². The molecule has 0 radical (unpaired) electrons. The van der Waals surface area contributed by atoms with Gasteiger partial charge in [0.15, 0.2) is 0 Å². The normalized spacial score (nSPS) is 19.1. The molecule has 1 unspecified atom stereocenters. The predicted molar refractivity (Wildman–Crippen MR) is 88.4 cm³/mol. The van der Waals surface area contributed by atoms with E-state index in [1.165, 1.54) is 0 Å². The molecule has 0 aliphatic carbocycles. The highest BCUT2D eigenvalue weighted by Crippen LogP contribution is 2.23. The molecule has 1 saturated heterocycles. The largest absolute Gasteiger partial charge is 0.384 e. The molecule has 5 nitrogen and oxygen atoms in total. The van der Waals surface area contributed by atoms with Crippen LogP contribution in [-0.4, -0.2) is 45.4 Å². The van der Waals surface area contributed by atoms with Gasteiger partial charge in [-0.2, -0.15) is 0 Å². The molecule has 0 saturated carbocycles. The van der Waals surface area contributed by atoms with Gasteiger partial charge in [0.05, 0.1) is 25.2 Å². The second kappa shape index (κ2) is 7.11. The van der Waals surface area contributed by atoms with Crippen molar-refractivity contribution in [1.29, 1.82) is 0 Å². The van der Waals surface area contributed by atoms with Crippen molar-refractivity contribution in [2.45, 2.75) is 26.8 Å². The van der Waals surface area contributed by atoms with Gasteiger partial charge in [0.2, 0.25) is 5.91 Å². The predicted octanol–water partition coefficient (Wildman–Crippen LogP) is 2.52. The van der Waals surface area contributed by atoms with E-state index in [-0.39, 0.29) is 5.91 Å². The Morgan fingerprint density at radius 3 is 2.68 bits per heavy atom. The van der Waals surface area contributed by atoms with Gasteiger partial charge in [0, 0.05) is 31.1 Å². The minimum Gasteiger partial charge on any atom is -0.384 e. The molecule has 1 amide bonds. The van der Waals surface area contributed by atoms with Crippen molar-refractivity contribution in [2.24, 2.45) is 5.41 Å². The number of nitrogens with one attached hydrogen (secondary N) is 1. The van der Waals surface area contributed by atoms with Crippen LogP contribution in [0.1, 0.15) is 20.8 Å². The number of hydrogen-bond donors (Lipinski definition) is 1. The first kappa shape index (κ1) is 16.8. The zero-order valence-corrected chi connectivity index (χ0v) is 13.9. The summed E-state index contributed by atoms with van der Waals surface area (Å²) in [6.45, 7) is 8.70. The summed E-state index contributed by atoms with van der Waals surface area (Å²) >= 11 is 0. The van der Waals surface area contributed by atoms with Crippen LogP contribution >= 0.6 is 0 Å². The number of carbonyl (C=O) groups is 1. The summed E-state index contributed by atoms with van der Waals surface area (Å²) in [5.74, 6) is -0.0400. The average molecular weight is 306 g/mol. The Morgan fingerprint density at radius 2 is 2.09 bits per heavy atom. The number of morpholine rings is 1. The summed E-state index contributed by atoms with van der Waals surface area (Å²) in [5, 5.41) is 2.95. The van der Waals surface area contributed by atoms with Gasteiger partial charge < -0.3 is 19.7 Å². The lowest BCUT2D eigenvalue weighted by Crippen LogP contribution is -2.43. The van der Waals surface area contributed by atoms with E-state index in [9.17, 15) is 4.79 Å². The highest BCUT2D eigenvalue weighted by Gasteiger charge is 2.27. The molecule has 1 aromatic rings. The van der Waals surface area contributed by atoms with Crippen LogP contribution in [0.2, 0.25) is 0 Å². The molecule has 1 fully saturated rings. The van der Waals surface area contributed by atoms with E-state index in [2.05, 4.69) is 17.1 Å². The Kier molecular flexibility index (Phi) is 5.42. The molecule has 1 aromatic carbocycles. The molecule has 5 heteroatoms. The second-order valence-electron chi connectivity index (χ2n) is 6.44. The maximum Gasteiger partial charge on any atom is 0.232 e. The van der Waals surface area contributed by atoms with Gasteiger partial charge in [-0.25, -0.2) is 0 Å². The number of amides is 1. The lowest BCUT2D eigenvalue weighted by Gasteiger charge is -2.35. The minimum absolute atomic E-state index is 0.0400. The van der Waals surface area contributed by atoms with E-state index in [1.54, 1.807) is 7.11 Å². The summed E-state index contributed by atoms with van der Waals surface area (Å²) in [6.07, 6.45) is 0. The molecule has 1 aliphatic heterocycles. The number of hydrogen-bond acceptors (Lipinski definition) is 4. The maximum absolute atomic E-state index is 12.2. The fourth-order valence-electron chi connectivity index (χ4n) is 2.57. The fourth-order valence-corrected chi connectivity index (χ4v) is 2.57. The quantitative estimate of drug-likeness (QED) is 0.908. The summed E-state index contributed by atoms with van der Waals surface area (Å²) in [6, 6.07) is 8.34. The Balaban J connectivity index is 2.01. The molecule has 1 heterocycles. The number of ether oxygens (including phenoxy) is 2. The highest BCUT2D eigenvalue weighted by molar-refractivity contribution is 5.95. The van der Waals surface area contributed by atoms with Crippen LogP contribution in [0.3, 0.4) is 0 Å². The first-order chi connectivity index (χ1) is 10.4. The summed E-state index contributed by atoms with van der Waals surface area (Å²) in [4.78, 5) is 14.6. The SMILES string of the molecule is COCC(C)(C)C(=O)Nc1ccc(N2CCOCC2C)cc1. The number of rotatable bonds is 5. The van der Waals surface area contributed by atoms with Crippen LogP contribution < -0.4 is 10.2 Å². The number of carbonyl (C=O) groups excluding carboxylic acids is 1. The monoisotopic (exact) mass is 306 g/mol. The molecule has 1 N–H and O–H groups in total. The molecule has 0 aromatic heterocycles. The molecular weight excluding hydrogens is 280 g/mol. The van der Waals surface area contributed by atoms with Crippen molar-refractivity contribution < 1.29 is 14.3 Å². The molecule has 1 atom stereocenters. The van der Waals surface area contributed by atoms with Crippen LogP contribution in [0.15, 0.2) is 24.3 Å². The molecule has 2 rings (SSSR count). The number of nitrogens with zero attached hydrogens (tertiary/aromatic N) is 1. The summed E-state index contributed by atoms with van der Waals surface area (Å²) in [7, 11) is 1.60. The topological polar surface area (TPSA) is 50.8 Å². The standard InChI is InChI=1S/C17H26N2O3/c1-13-11-22-10-9-19(13)15-7-5-14(6-8-15)18-16(20)17(2,3)12-21-4/h5-8,13H,9-12H2,1-4H3,(H,18,20). The van der Waals surface area contributed by atoms with Gasteiger partial charge >= 0.3 is 0 Å². The van der Waals surface area contributed by atoms with Crippen LogP contribution in [0.25, 0.3) is 0 Å². The van der Waals surface area contributed by atoms with Gasteiger partial charge in [0.1, 0.15) is 0 Å². The zero-order chi connectivity index (χ0) is 16.2. The van der Waals surface area contributed by atoms with Crippen LogP contribution in [-0.2, 0) is 14.3 Å². The lowest BCUT2D eigenvalue weighted by molar-refractivity contribution is -0.126. The molecule has 0 spiro atoms. The van der Waals surface area contributed by atoms with Crippen molar-refractivity contribution >= 4 is 17.3 Å². The Labute approximate surface area is 132 Å². The van der Waals surface area contributed by atoms with E-state index < -0.39 is 5.41 Å². The molecular formula is C17H26N2O3. The van der Waals surface area contributed by atoms with Gasteiger partial charge in [-0.1, -0.05) is 0 Å². The van der Waals surface area contributed by atoms with Crippen LogP contribution in [0, 0.1) is 5.41 Å². The van der Waals surface area contributed by atoms with Crippen molar-refractivity contribution in [3.8, 4) is 0 Å². The van der Waals surface area contributed by atoms with E-state index in [1.807, 2.05) is 38.1 Å². The number of anilines is 2. The third-order valence-corrected chi connectivity index (χ3v) is 3.94. The summed E-state index contributed by atoms with van der Waals surface area (Å²) in [5.41, 5.74) is 1.41. The van der Waals surface area contributed by atoms with Gasteiger partial charge in [0.25, 0.3) is 0 Å². The first-order valence-electron chi connectivity index (χ1n) is 7.69. The molecule has 122 valence electrons. The Morgan fingerprint density at radius 1 is 1.41 bits per heavy atom. The highest BCUT2D eigenvalue weighted by atomic mass is 16.5. The molecule has 1 aliphatic rings. The average Bonchev–Trinajstić information content (AvgIpc) is 2.48. The number of methoxy groups -OCH3 is 1. The minimum atomic E-state index is -0.549. The third kappa shape index (κ3) is 3.99. The fraction of sp³-hybridized carbons (Fsp3) is 0.588. The van der Waals surface area contributed by atoms with Crippen LogP contribution in [0.5, 0.6) is 0 Å². The maximum atomic E-state index is 12.2. The zero-order valence-electron chi connectivity index (χ0n) is 13.9. The van der Waals surface area contributed by atoms with Gasteiger partial charge in [-0.05, 0) is 45.0 Å². The van der Waals surface area contributed by atoms with E-state index in [0.717, 1.165) is 31.1 Å². The molecule has 0 bridgehead atoms.